The first kappa shape index (κ1) is 19.4. The van der Waals surface area contributed by atoms with E-state index in [1.807, 2.05) is 0 Å². The van der Waals surface area contributed by atoms with E-state index in [-0.39, 0.29) is 12.2 Å². The van der Waals surface area contributed by atoms with Crippen molar-refractivity contribution in [1.29, 1.82) is 0 Å². The number of unbranched alkanes of at least 4 members (excludes halogenated alkanes) is 7. The minimum atomic E-state index is -0.692. The second kappa shape index (κ2) is 11.9. The Morgan fingerprint density at radius 3 is 2.41 bits per heavy atom. The van der Waals surface area contributed by atoms with Crippen LogP contribution in [-0.2, 0) is 9.53 Å². The maximum atomic E-state index is 10.4. The van der Waals surface area contributed by atoms with Gasteiger partial charge in [-0.3, -0.25) is 4.79 Å². The molecule has 0 amide bonds. The lowest BCUT2D eigenvalue weighted by molar-refractivity contribution is -0.137. The molecule has 0 saturated carbocycles. The summed E-state index contributed by atoms with van der Waals surface area (Å²) < 4.78 is 5.64. The normalized spacial score (nSPS) is 21.7. The van der Waals surface area contributed by atoms with Crippen LogP contribution in [0.25, 0.3) is 0 Å². The van der Waals surface area contributed by atoms with E-state index in [4.69, 9.17) is 9.84 Å². The second-order valence-electron chi connectivity index (χ2n) is 6.65. The van der Waals surface area contributed by atoms with Gasteiger partial charge in [0.15, 0.2) is 0 Å². The van der Waals surface area contributed by atoms with Gasteiger partial charge >= 0.3 is 5.97 Å². The molecule has 0 aromatic heterocycles. The van der Waals surface area contributed by atoms with Crippen molar-refractivity contribution in [2.45, 2.75) is 109 Å². The smallest absolute Gasteiger partial charge is 0.303 e. The SMILES string of the molecule is CCCCCC[C@@H](O)C[C@H]1O[C@@H]1CCCCCCCC(=O)O. The molecule has 0 spiro atoms. The summed E-state index contributed by atoms with van der Waals surface area (Å²) in [6.45, 7) is 2.20. The lowest BCUT2D eigenvalue weighted by atomic mass is 10.0. The highest BCUT2D eigenvalue weighted by atomic mass is 16.6. The number of hydrogen-bond acceptors (Lipinski definition) is 3. The number of hydrogen-bond donors (Lipinski definition) is 2. The minimum absolute atomic E-state index is 0.192. The van der Waals surface area contributed by atoms with Gasteiger partial charge in [0, 0.05) is 12.8 Å². The number of aliphatic carboxylic acids is 1. The van der Waals surface area contributed by atoms with Gasteiger partial charge in [0.2, 0.25) is 0 Å². The number of epoxide rings is 1. The second-order valence-corrected chi connectivity index (χ2v) is 6.65. The van der Waals surface area contributed by atoms with Crippen LogP contribution in [0.5, 0.6) is 0 Å². The fourth-order valence-corrected chi connectivity index (χ4v) is 2.99. The summed E-state index contributed by atoms with van der Waals surface area (Å²) in [6.07, 6.45) is 13.6. The molecule has 0 aliphatic carbocycles. The van der Waals surface area contributed by atoms with E-state index in [1.54, 1.807) is 0 Å². The van der Waals surface area contributed by atoms with E-state index in [9.17, 15) is 9.90 Å². The Balaban J connectivity index is 1.86. The fraction of sp³-hybridized carbons (Fsp3) is 0.944. The van der Waals surface area contributed by atoms with Gasteiger partial charge < -0.3 is 14.9 Å². The molecule has 1 saturated heterocycles. The summed E-state index contributed by atoms with van der Waals surface area (Å²) in [6, 6.07) is 0. The van der Waals surface area contributed by atoms with Crippen LogP contribution in [0.2, 0.25) is 0 Å². The van der Waals surface area contributed by atoms with E-state index >= 15 is 0 Å². The molecule has 0 radical (unpaired) electrons. The molecule has 130 valence electrons. The van der Waals surface area contributed by atoms with Crippen LogP contribution in [0.3, 0.4) is 0 Å². The van der Waals surface area contributed by atoms with Gasteiger partial charge in [0.1, 0.15) is 0 Å². The zero-order valence-electron chi connectivity index (χ0n) is 14.1. The van der Waals surface area contributed by atoms with Crippen molar-refractivity contribution in [3.8, 4) is 0 Å². The monoisotopic (exact) mass is 314 g/mol. The molecule has 2 N–H and O–H groups in total. The van der Waals surface area contributed by atoms with Gasteiger partial charge in [-0.1, -0.05) is 58.3 Å². The van der Waals surface area contributed by atoms with E-state index < -0.39 is 5.97 Å². The third-order valence-corrected chi connectivity index (χ3v) is 4.46. The van der Waals surface area contributed by atoms with Crippen molar-refractivity contribution in [3.05, 3.63) is 0 Å². The van der Waals surface area contributed by atoms with Crippen LogP contribution in [0, 0.1) is 0 Å². The molecule has 4 nitrogen and oxygen atoms in total. The Kier molecular flexibility index (Phi) is 10.5. The van der Waals surface area contributed by atoms with Crippen molar-refractivity contribution in [2.75, 3.05) is 0 Å². The van der Waals surface area contributed by atoms with Crippen LogP contribution in [0.15, 0.2) is 0 Å². The van der Waals surface area contributed by atoms with Crippen molar-refractivity contribution >= 4 is 5.97 Å². The summed E-state index contributed by atoms with van der Waals surface area (Å²) in [5, 5.41) is 18.5. The third-order valence-electron chi connectivity index (χ3n) is 4.46. The van der Waals surface area contributed by atoms with E-state index in [0.717, 1.165) is 57.8 Å². The van der Waals surface area contributed by atoms with Crippen molar-refractivity contribution in [1.82, 2.24) is 0 Å². The predicted octanol–water partition coefficient (Wildman–Crippen LogP) is 4.29. The largest absolute Gasteiger partial charge is 0.481 e. The molecule has 0 aromatic carbocycles. The number of aliphatic hydroxyl groups excluding tert-OH is 1. The lowest BCUT2D eigenvalue weighted by Crippen LogP contribution is -2.11. The molecule has 1 rings (SSSR count). The number of ether oxygens (including phenoxy) is 1. The maximum absolute atomic E-state index is 10.4. The Hall–Kier alpha value is -0.610. The highest BCUT2D eigenvalue weighted by molar-refractivity contribution is 5.66. The Morgan fingerprint density at radius 2 is 1.68 bits per heavy atom. The Bertz CT molecular complexity index is 293. The number of aliphatic hydroxyl groups is 1. The standard InChI is InChI=1S/C18H34O4/c1-2-3-4-8-11-15(19)14-17-16(22-17)12-9-6-5-7-10-13-18(20)21/h15-17,19H,2-14H2,1H3,(H,20,21)/t15-,16-,17-/m1/s1. The first-order valence-electron chi connectivity index (χ1n) is 9.18. The van der Waals surface area contributed by atoms with E-state index in [2.05, 4.69) is 6.92 Å². The molecule has 22 heavy (non-hydrogen) atoms. The van der Waals surface area contributed by atoms with Crippen molar-refractivity contribution < 1.29 is 19.7 Å². The molecule has 1 heterocycles. The van der Waals surface area contributed by atoms with Gasteiger partial charge in [-0.15, -0.1) is 0 Å². The van der Waals surface area contributed by atoms with Gasteiger partial charge in [-0.05, 0) is 19.3 Å². The molecule has 4 heteroatoms. The molecule has 3 atom stereocenters. The molecule has 0 bridgehead atoms. The number of carboxylic acids is 1. The van der Waals surface area contributed by atoms with E-state index in [1.165, 1.54) is 19.3 Å². The van der Waals surface area contributed by atoms with E-state index in [0.29, 0.717) is 12.5 Å². The summed E-state index contributed by atoms with van der Waals surface area (Å²) in [4.78, 5) is 10.4. The minimum Gasteiger partial charge on any atom is -0.481 e. The summed E-state index contributed by atoms with van der Waals surface area (Å²) in [7, 11) is 0. The molecular weight excluding hydrogens is 280 g/mol. The molecular formula is C18H34O4. The molecule has 0 unspecified atom stereocenters. The van der Waals surface area contributed by atoms with Gasteiger partial charge in [-0.2, -0.15) is 0 Å². The van der Waals surface area contributed by atoms with Crippen molar-refractivity contribution in [3.63, 3.8) is 0 Å². The molecule has 1 aliphatic heterocycles. The molecule has 1 fully saturated rings. The Morgan fingerprint density at radius 1 is 1.00 bits per heavy atom. The Labute approximate surface area is 135 Å². The van der Waals surface area contributed by atoms with Crippen LogP contribution >= 0.6 is 0 Å². The first-order chi connectivity index (χ1) is 10.6. The summed E-state index contributed by atoms with van der Waals surface area (Å²) in [5.41, 5.74) is 0. The highest BCUT2D eigenvalue weighted by Crippen LogP contribution is 2.32. The number of rotatable bonds is 15. The van der Waals surface area contributed by atoms with Crippen LogP contribution in [0.1, 0.15) is 90.4 Å². The average molecular weight is 314 g/mol. The van der Waals surface area contributed by atoms with Crippen LogP contribution in [0.4, 0.5) is 0 Å². The predicted molar refractivity (Wildman–Crippen MR) is 88.0 cm³/mol. The zero-order chi connectivity index (χ0) is 16.2. The lowest BCUT2D eigenvalue weighted by Gasteiger charge is -2.08. The third kappa shape index (κ3) is 10.2. The molecule has 0 aromatic rings. The zero-order valence-corrected chi connectivity index (χ0v) is 14.1. The van der Waals surface area contributed by atoms with Gasteiger partial charge in [0.25, 0.3) is 0 Å². The summed E-state index contributed by atoms with van der Waals surface area (Å²) >= 11 is 0. The topological polar surface area (TPSA) is 70.1 Å². The van der Waals surface area contributed by atoms with Crippen LogP contribution in [-0.4, -0.2) is 34.5 Å². The van der Waals surface area contributed by atoms with Gasteiger partial charge in [-0.25, -0.2) is 0 Å². The fourth-order valence-electron chi connectivity index (χ4n) is 2.99. The number of carboxylic acid groups (broad SMARTS) is 1. The molecule has 1 aliphatic rings. The first-order valence-corrected chi connectivity index (χ1v) is 9.18. The summed E-state index contributed by atoms with van der Waals surface area (Å²) in [5.74, 6) is -0.692. The van der Waals surface area contributed by atoms with Crippen molar-refractivity contribution in [2.24, 2.45) is 0 Å². The quantitative estimate of drug-likeness (QED) is 0.349. The average Bonchev–Trinajstić information content (AvgIpc) is 3.20. The van der Waals surface area contributed by atoms with Gasteiger partial charge in [0.05, 0.1) is 18.3 Å². The highest BCUT2D eigenvalue weighted by Gasteiger charge is 2.38. The maximum Gasteiger partial charge on any atom is 0.303 e. The van der Waals surface area contributed by atoms with Crippen LogP contribution < -0.4 is 0 Å². The number of carbonyl (C=O) groups is 1.